The fraction of sp³-hybridized carbons (Fsp3) is 0.684. The van der Waals surface area contributed by atoms with Gasteiger partial charge in [-0.05, 0) is 44.9 Å². The summed E-state index contributed by atoms with van der Waals surface area (Å²) in [7, 11) is 0. The molecule has 0 fully saturated rings. The van der Waals surface area contributed by atoms with E-state index in [0.29, 0.717) is 39.3 Å². The molecule has 12 nitrogen and oxygen atoms in total. The van der Waals surface area contributed by atoms with Crippen LogP contribution in [0.15, 0.2) is 30.0 Å². The Morgan fingerprint density at radius 1 is 0.290 bits per heavy atom. The summed E-state index contributed by atoms with van der Waals surface area (Å²) in [6.45, 7) is 2.92. The van der Waals surface area contributed by atoms with Crippen molar-refractivity contribution >= 4 is 36.5 Å². The van der Waals surface area contributed by atoms with Gasteiger partial charge in [0, 0.05) is 0 Å². The van der Waals surface area contributed by atoms with Crippen molar-refractivity contribution in [1.29, 1.82) is 0 Å². The third kappa shape index (κ3) is 46.4. The summed E-state index contributed by atoms with van der Waals surface area (Å²) in [5.41, 5.74) is 0. The highest BCUT2D eigenvalue weighted by Crippen LogP contribution is 1.94. The minimum atomic E-state index is 0.470. The first-order valence-electron chi connectivity index (χ1n) is 9.46. The third-order valence-corrected chi connectivity index (χ3v) is 3.01. The van der Waals surface area contributed by atoms with Crippen LogP contribution >= 0.6 is 0 Å². The van der Waals surface area contributed by atoms with E-state index in [1.807, 2.05) is 0 Å². The molecule has 0 heterocycles. The molecule has 0 rings (SSSR count). The van der Waals surface area contributed by atoms with Gasteiger partial charge < -0.3 is 0 Å². The molecule has 0 amide bonds. The lowest BCUT2D eigenvalue weighted by Gasteiger charge is -1.90. The Kier molecular flexibility index (Phi) is 38.2. The number of rotatable bonds is 16. The number of nitrogens with zero attached hydrogens (tertiary/aromatic N) is 6. The highest BCUT2D eigenvalue weighted by atomic mass is 16.1. The molecule has 0 unspecified atom stereocenters. The van der Waals surface area contributed by atoms with Crippen LogP contribution in [-0.4, -0.2) is 75.7 Å². The number of unbranched alkanes of at least 4 members (excludes halogenated alkanes) is 4. The molecule has 0 spiro atoms. The smallest absolute Gasteiger partial charge is 0.211 e. The van der Waals surface area contributed by atoms with Crippen LogP contribution in [0.25, 0.3) is 0 Å². The maximum atomic E-state index is 9.58. The van der Waals surface area contributed by atoms with Gasteiger partial charge in [0.1, 0.15) is 0 Å². The van der Waals surface area contributed by atoms with Gasteiger partial charge in [-0.3, -0.25) is 0 Å². The van der Waals surface area contributed by atoms with Crippen LogP contribution < -0.4 is 0 Å². The molecule has 0 saturated carbocycles. The molecule has 0 radical (unpaired) electrons. The minimum Gasteiger partial charge on any atom is -0.211 e. The largest absolute Gasteiger partial charge is 0.234 e. The van der Waals surface area contributed by atoms with Gasteiger partial charge in [0.05, 0.1) is 39.3 Å². The molecule has 12 heteroatoms. The standard InChI is InChI=1S/C7H10N2O2.2C6H8N2O2/c10-6-8-4-2-1-3-5-9-7-11;2*9-5-7-3-1-2-4-8-6-10/h1-5H2;2*1-4H2. The van der Waals surface area contributed by atoms with Crippen LogP contribution in [0.1, 0.15) is 44.9 Å². The topological polar surface area (TPSA) is 177 Å². The van der Waals surface area contributed by atoms with E-state index in [-0.39, 0.29) is 0 Å². The van der Waals surface area contributed by atoms with Gasteiger partial charge in [-0.15, -0.1) is 0 Å². The van der Waals surface area contributed by atoms with E-state index in [2.05, 4.69) is 30.0 Å². The van der Waals surface area contributed by atoms with Gasteiger partial charge in [0.2, 0.25) is 36.5 Å². The minimum absolute atomic E-state index is 0.470. The van der Waals surface area contributed by atoms with E-state index in [0.717, 1.165) is 44.9 Å². The second-order valence-electron chi connectivity index (χ2n) is 5.31. The molecule has 0 aromatic heterocycles. The van der Waals surface area contributed by atoms with Crippen molar-refractivity contribution in [2.45, 2.75) is 44.9 Å². The van der Waals surface area contributed by atoms with E-state index in [1.54, 1.807) is 0 Å². The first kappa shape index (κ1) is 32.0. The van der Waals surface area contributed by atoms with Crippen molar-refractivity contribution in [1.82, 2.24) is 0 Å². The molecule has 0 aliphatic heterocycles. The molecule has 0 aromatic rings. The molecule has 0 N–H and O–H groups in total. The number of hydrogen-bond donors (Lipinski definition) is 0. The van der Waals surface area contributed by atoms with Crippen molar-refractivity contribution in [3.05, 3.63) is 0 Å². The first-order chi connectivity index (χ1) is 15.2. The number of hydrogen-bond acceptors (Lipinski definition) is 12. The first-order valence-corrected chi connectivity index (χ1v) is 9.46. The van der Waals surface area contributed by atoms with E-state index in [4.69, 9.17) is 0 Å². The molecule has 0 aromatic carbocycles. The molecule has 0 atom stereocenters. The summed E-state index contributed by atoms with van der Waals surface area (Å²) in [4.78, 5) is 77.3. The SMILES string of the molecule is O=C=NCCCCCN=C=O.O=C=NCCCCN=C=O.O=C=NCCCCN=C=O. The lowest BCUT2D eigenvalue weighted by molar-refractivity contribution is 0.559. The van der Waals surface area contributed by atoms with E-state index >= 15 is 0 Å². The number of aliphatic imine (C=N–C) groups is 6. The summed E-state index contributed by atoms with van der Waals surface area (Å²) in [6, 6.07) is 0. The van der Waals surface area contributed by atoms with Crippen LogP contribution in [0, 0.1) is 0 Å². The van der Waals surface area contributed by atoms with E-state index < -0.39 is 0 Å². The summed E-state index contributed by atoms with van der Waals surface area (Å²) >= 11 is 0. The lowest BCUT2D eigenvalue weighted by Crippen LogP contribution is -1.84. The van der Waals surface area contributed by atoms with Crippen molar-refractivity contribution in [3.63, 3.8) is 0 Å². The summed E-state index contributed by atoms with van der Waals surface area (Å²) in [5.74, 6) is 0. The van der Waals surface area contributed by atoms with Gasteiger partial charge >= 0.3 is 0 Å². The molecule has 168 valence electrons. The van der Waals surface area contributed by atoms with Crippen LogP contribution in [0.3, 0.4) is 0 Å². The predicted octanol–water partition coefficient (Wildman–Crippen LogP) is 1.70. The van der Waals surface area contributed by atoms with Gasteiger partial charge in [0.25, 0.3) is 0 Å². The Balaban J connectivity index is -0.000000380. The lowest BCUT2D eigenvalue weighted by atomic mass is 10.2. The summed E-state index contributed by atoms with van der Waals surface area (Å²) in [5, 5.41) is 0. The van der Waals surface area contributed by atoms with Crippen LogP contribution in [0.2, 0.25) is 0 Å². The van der Waals surface area contributed by atoms with Crippen molar-refractivity contribution in [3.8, 4) is 0 Å². The Hall–Kier alpha value is -3.72. The average Bonchev–Trinajstić information content (AvgIpc) is 2.79. The molecule has 0 aliphatic carbocycles. The Morgan fingerprint density at radius 2 is 0.452 bits per heavy atom. The number of isocyanates is 6. The number of carbonyl (C=O) groups excluding carboxylic acids is 6. The van der Waals surface area contributed by atoms with Crippen LogP contribution in [-0.2, 0) is 28.8 Å². The van der Waals surface area contributed by atoms with E-state index in [9.17, 15) is 28.8 Å². The maximum Gasteiger partial charge on any atom is 0.234 e. The van der Waals surface area contributed by atoms with Crippen molar-refractivity contribution in [2.24, 2.45) is 30.0 Å². The molecular weight excluding hydrogens is 408 g/mol. The highest BCUT2D eigenvalue weighted by molar-refractivity contribution is 5.34. The fourth-order valence-electron chi connectivity index (χ4n) is 1.60. The molecule has 0 saturated heterocycles. The monoisotopic (exact) mass is 434 g/mol. The Morgan fingerprint density at radius 3 is 0.613 bits per heavy atom. The normalized spacial score (nSPS) is 7.74. The zero-order valence-electron chi connectivity index (χ0n) is 17.3. The summed E-state index contributed by atoms with van der Waals surface area (Å²) in [6.07, 6.45) is 14.3. The van der Waals surface area contributed by atoms with Gasteiger partial charge in [-0.1, -0.05) is 0 Å². The third-order valence-electron chi connectivity index (χ3n) is 3.01. The highest BCUT2D eigenvalue weighted by Gasteiger charge is 1.86. The quantitative estimate of drug-likeness (QED) is 0.203. The molecule has 0 aliphatic rings. The van der Waals surface area contributed by atoms with Gasteiger partial charge in [-0.2, -0.15) is 0 Å². The molecule has 31 heavy (non-hydrogen) atoms. The predicted molar refractivity (Wildman–Crippen MR) is 110 cm³/mol. The van der Waals surface area contributed by atoms with Crippen molar-refractivity contribution < 1.29 is 28.8 Å². The van der Waals surface area contributed by atoms with Crippen molar-refractivity contribution in [2.75, 3.05) is 39.3 Å². The van der Waals surface area contributed by atoms with Gasteiger partial charge in [0.15, 0.2) is 0 Å². The second-order valence-corrected chi connectivity index (χ2v) is 5.31. The van der Waals surface area contributed by atoms with E-state index in [1.165, 1.54) is 36.5 Å². The maximum absolute atomic E-state index is 9.58. The zero-order valence-corrected chi connectivity index (χ0v) is 17.3. The zero-order chi connectivity index (χ0) is 23.7. The Labute approximate surface area is 180 Å². The second kappa shape index (κ2) is 37.1. The fourth-order valence-corrected chi connectivity index (χ4v) is 1.60. The van der Waals surface area contributed by atoms with Crippen LogP contribution in [0.4, 0.5) is 0 Å². The summed E-state index contributed by atoms with van der Waals surface area (Å²) < 4.78 is 0. The van der Waals surface area contributed by atoms with Crippen LogP contribution in [0.5, 0.6) is 0 Å². The molecule has 0 bridgehead atoms. The average molecular weight is 434 g/mol. The Bertz CT molecular complexity index is 605. The van der Waals surface area contributed by atoms with Gasteiger partial charge in [-0.25, -0.2) is 58.7 Å². The molecular formula is C19H26N6O6.